The number of ether oxygens (including phenoxy) is 1. The summed E-state index contributed by atoms with van der Waals surface area (Å²) in [5, 5.41) is 12.1. The Bertz CT molecular complexity index is 658. The van der Waals surface area contributed by atoms with E-state index in [0.717, 1.165) is 17.4 Å². The molecule has 0 radical (unpaired) electrons. The molecule has 0 saturated carbocycles. The first-order chi connectivity index (χ1) is 10.0. The summed E-state index contributed by atoms with van der Waals surface area (Å²) in [4.78, 5) is 10.9. The minimum absolute atomic E-state index is 0.117. The minimum atomic E-state index is -1.29. The average molecular weight is 289 g/mol. The van der Waals surface area contributed by atoms with Crippen LogP contribution in [0.5, 0.6) is 5.75 Å². The predicted octanol–water partition coefficient (Wildman–Crippen LogP) is 3.71. The van der Waals surface area contributed by atoms with Gasteiger partial charge in [0.15, 0.2) is 0 Å². The molecular formula is C16H16FNO3. The molecule has 0 heterocycles. The van der Waals surface area contributed by atoms with Crippen molar-refractivity contribution in [1.82, 2.24) is 0 Å². The maximum absolute atomic E-state index is 13.4. The van der Waals surface area contributed by atoms with Gasteiger partial charge in [-0.3, -0.25) is 0 Å². The molecule has 1 unspecified atom stereocenters. The van der Waals surface area contributed by atoms with Crippen LogP contribution in [0.1, 0.15) is 28.9 Å². The molecule has 5 heteroatoms. The SMILES string of the molecule is COc1ccccc1C(C)Nc1ccc(F)c(C(=O)O)c1. The zero-order valence-corrected chi connectivity index (χ0v) is 11.8. The number of methoxy groups -OCH3 is 1. The van der Waals surface area contributed by atoms with Crippen LogP contribution in [0, 0.1) is 5.82 Å². The molecule has 4 nitrogen and oxygen atoms in total. The van der Waals surface area contributed by atoms with Crippen LogP contribution in [0.25, 0.3) is 0 Å². The standard InChI is InChI=1S/C16H16FNO3/c1-10(12-5-3-4-6-15(12)21-2)18-11-7-8-14(17)13(9-11)16(19)20/h3-10,18H,1-2H3,(H,19,20). The summed E-state index contributed by atoms with van der Waals surface area (Å²) in [5.41, 5.74) is 1.11. The first kappa shape index (κ1) is 14.8. The Morgan fingerprint density at radius 3 is 2.67 bits per heavy atom. The molecule has 0 saturated heterocycles. The normalized spacial score (nSPS) is 11.8. The third-order valence-electron chi connectivity index (χ3n) is 3.19. The van der Waals surface area contributed by atoms with Crippen molar-refractivity contribution in [3.05, 3.63) is 59.4 Å². The Hall–Kier alpha value is -2.56. The van der Waals surface area contributed by atoms with Gasteiger partial charge in [-0.25, -0.2) is 9.18 Å². The lowest BCUT2D eigenvalue weighted by Gasteiger charge is -2.18. The lowest BCUT2D eigenvalue weighted by molar-refractivity contribution is 0.0692. The third-order valence-corrected chi connectivity index (χ3v) is 3.19. The second-order valence-corrected chi connectivity index (χ2v) is 4.61. The molecule has 0 aromatic heterocycles. The van der Waals surface area contributed by atoms with Crippen LogP contribution in [0.2, 0.25) is 0 Å². The fraction of sp³-hybridized carbons (Fsp3) is 0.188. The van der Waals surface area contributed by atoms with Gasteiger partial charge in [-0.15, -0.1) is 0 Å². The van der Waals surface area contributed by atoms with E-state index in [0.29, 0.717) is 5.69 Å². The van der Waals surface area contributed by atoms with Crippen molar-refractivity contribution in [2.45, 2.75) is 13.0 Å². The van der Waals surface area contributed by atoms with Crippen molar-refractivity contribution in [2.75, 3.05) is 12.4 Å². The van der Waals surface area contributed by atoms with Crippen LogP contribution in [-0.4, -0.2) is 18.2 Å². The molecule has 0 amide bonds. The van der Waals surface area contributed by atoms with Crippen molar-refractivity contribution in [3.63, 3.8) is 0 Å². The molecular weight excluding hydrogens is 273 g/mol. The molecule has 2 rings (SSSR count). The van der Waals surface area contributed by atoms with Crippen LogP contribution in [-0.2, 0) is 0 Å². The summed E-state index contributed by atoms with van der Waals surface area (Å²) in [6.07, 6.45) is 0. The maximum atomic E-state index is 13.4. The molecule has 110 valence electrons. The topological polar surface area (TPSA) is 58.6 Å². The molecule has 0 aliphatic heterocycles. The van der Waals surface area contributed by atoms with Gasteiger partial charge < -0.3 is 15.2 Å². The summed E-state index contributed by atoms with van der Waals surface area (Å²) in [5.74, 6) is -1.31. The monoisotopic (exact) mass is 289 g/mol. The number of benzene rings is 2. The van der Waals surface area contributed by atoms with E-state index in [2.05, 4.69) is 5.32 Å². The van der Waals surface area contributed by atoms with Crippen LogP contribution in [0.4, 0.5) is 10.1 Å². The number of hydrogen-bond donors (Lipinski definition) is 2. The fourth-order valence-electron chi connectivity index (χ4n) is 2.13. The summed E-state index contributed by atoms with van der Waals surface area (Å²) >= 11 is 0. The van der Waals surface area contributed by atoms with Gasteiger partial charge in [-0.05, 0) is 31.2 Å². The molecule has 2 aromatic rings. The van der Waals surface area contributed by atoms with Gasteiger partial charge in [0.1, 0.15) is 11.6 Å². The highest BCUT2D eigenvalue weighted by atomic mass is 19.1. The Morgan fingerprint density at radius 1 is 1.29 bits per heavy atom. The number of rotatable bonds is 5. The van der Waals surface area contributed by atoms with E-state index in [1.54, 1.807) is 7.11 Å². The van der Waals surface area contributed by atoms with Crippen LogP contribution in [0.15, 0.2) is 42.5 Å². The smallest absolute Gasteiger partial charge is 0.338 e. The van der Waals surface area contributed by atoms with E-state index < -0.39 is 11.8 Å². The number of carboxylic acid groups (broad SMARTS) is 1. The summed E-state index contributed by atoms with van der Waals surface area (Å²) in [7, 11) is 1.59. The Morgan fingerprint density at radius 2 is 2.00 bits per heavy atom. The number of carboxylic acids is 1. The van der Waals surface area contributed by atoms with Crippen LogP contribution < -0.4 is 10.1 Å². The maximum Gasteiger partial charge on any atom is 0.338 e. The quantitative estimate of drug-likeness (QED) is 0.881. The zero-order valence-electron chi connectivity index (χ0n) is 11.8. The molecule has 0 spiro atoms. The van der Waals surface area contributed by atoms with Crippen LogP contribution >= 0.6 is 0 Å². The highest BCUT2D eigenvalue weighted by Crippen LogP contribution is 2.28. The minimum Gasteiger partial charge on any atom is -0.496 e. The molecule has 2 aromatic carbocycles. The van der Waals surface area contributed by atoms with Crippen molar-refractivity contribution in [1.29, 1.82) is 0 Å². The van der Waals surface area contributed by atoms with E-state index in [4.69, 9.17) is 9.84 Å². The molecule has 0 fully saturated rings. The number of carbonyl (C=O) groups is 1. The van der Waals surface area contributed by atoms with E-state index in [1.807, 2.05) is 31.2 Å². The van der Waals surface area contributed by atoms with Gasteiger partial charge in [0, 0.05) is 11.3 Å². The first-order valence-corrected chi connectivity index (χ1v) is 6.45. The molecule has 1 atom stereocenters. The lowest BCUT2D eigenvalue weighted by atomic mass is 10.1. The number of halogens is 1. The average Bonchev–Trinajstić information content (AvgIpc) is 2.48. The second-order valence-electron chi connectivity index (χ2n) is 4.61. The van der Waals surface area contributed by atoms with Gasteiger partial charge in [-0.1, -0.05) is 18.2 Å². The van der Waals surface area contributed by atoms with Crippen molar-refractivity contribution in [3.8, 4) is 5.75 Å². The summed E-state index contributed by atoms with van der Waals surface area (Å²) in [6, 6.07) is 11.3. The molecule has 0 aliphatic carbocycles. The largest absolute Gasteiger partial charge is 0.496 e. The highest BCUT2D eigenvalue weighted by molar-refractivity contribution is 5.89. The number of aromatic carboxylic acids is 1. The van der Waals surface area contributed by atoms with Crippen LogP contribution in [0.3, 0.4) is 0 Å². The Balaban J connectivity index is 2.25. The van der Waals surface area contributed by atoms with Crippen molar-refractivity contribution < 1.29 is 19.0 Å². The zero-order chi connectivity index (χ0) is 15.4. The lowest BCUT2D eigenvalue weighted by Crippen LogP contribution is -2.09. The van der Waals surface area contributed by atoms with E-state index in [9.17, 15) is 9.18 Å². The number of hydrogen-bond acceptors (Lipinski definition) is 3. The van der Waals surface area contributed by atoms with E-state index in [1.165, 1.54) is 12.1 Å². The third kappa shape index (κ3) is 3.31. The summed E-state index contributed by atoms with van der Waals surface area (Å²) < 4.78 is 18.7. The number of para-hydroxylation sites is 1. The fourth-order valence-corrected chi connectivity index (χ4v) is 2.13. The van der Waals surface area contributed by atoms with Gasteiger partial charge in [-0.2, -0.15) is 0 Å². The highest BCUT2D eigenvalue weighted by Gasteiger charge is 2.14. The van der Waals surface area contributed by atoms with Gasteiger partial charge in [0.2, 0.25) is 0 Å². The predicted molar refractivity (Wildman–Crippen MR) is 78.4 cm³/mol. The second kappa shape index (κ2) is 6.26. The number of anilines is 1. The number of nitrogens with one attached hydrogen (secondary N) is 1. The van der Waals surface area contributed by atoms with Gasteiger partial charge >= 0.3 is 5.97 Å². The van der Waals surface area contributed by atoms with E-state index >= 15 is 0 Å². The Kier molecular flexibility index (Phi) is 4.42. The first-order valence-electron chi connectivity index (χ1n) is 6.45. The van der Waals surface area contributed by atoms with Crippen molar-refractivity contribution in [2.24, 2.45) is 0 Å². The van der Waals surface area contributed by atoms with Gasteiger partial charge in [0.25, 0.3) is 0 Å². The molecule has 2 N–H and O–H groups in total. The van der Waals surface area contributed by atoms with Gasteiger partial charge in [0.05, 0.1) is 18.7 Å². The Labute approximate surface area is 122 Å². The van der Waals surface area contributed by atoms with E-state index in [-0.39, 0.29) is 11.6 Å². The summed E-state index contributed by atoms with van der Waals surface area (Å²) in [6.45, 7) is 1.92. The molecule has 21 heavy (non-hydrogen) atoms. The molecule has 0 aliphatic rings. The molecule has 0 bridgehead atoms. The van der Waals surface area contributed by atoms with Crippen molar-refractivity contribution >= 4 is 11.7 Å².